The minimum atomic E-state index is -1.01. The van der Waals surface area contributed by atoms with E-state index in [1.165, 1.54) is 35.1 Å². The highest BCUT2D eigenvalue weighted by atomic mass is 35.5. The highest BCUT2D eigenvalue weighted by molar-refractivity contribution is 8.00. The molecule has 1 aliphatic rings. The molecule has 0 aliphatic carbocycles. The lowest BCUT2D eigenvalue weighted by atomic mass is 9.95. The van der Waals surface area contributed by atoms with Gasteiger partial charge in [-0.3, -0.25) is 14.5 Å². The van der Waals surface area contributed by atoms with Gasteiger partial charge in [0.05, 0.1) is 31.9 Å². The Labute approximate surface area is 274 Å². The SMILES string of the molecule is CCCCOc1ccc(C(O)=C2C(=O)C(=O)N(c3nnc(SCc4ccccc4Cl)s3)[C@H]2c2ccc(OCC)c(OC)c2)cc1. The molecule has 0 spiro atoms. The van der Waals surface area contributed by atoms with Gasteiger partial charge in [-0.1, -0.05) is 72.3 Å². The number of amides is 1. The number of hydrogen-bond donors (Lipinski definition) is 1. The van der Waals surface area contributed by atoms with Crippen molar-refractivity contribution in [2.24, 2.45) is 0 Å². The summed E-state index contributed by atoms with van der Waals surface area (Å²) in [6, 6.07) is 18.4. The minimum absolute atomic E-state index is 0.0775. The van der Waals surface area contributed by atoms with Gasteiger partial charge in [-0.2, -0.15) is 0 Å². The summed E-state index contributed by atoms with van der Waals surface area (Å²) in [7, 11) is 1.51. The van der Waals surface area contributed by atoms with Crippen molar-refractivity contribution < 1.29 is 28.9 Å². The average molecular weight is 666 g/mol. The van der Waals surface area contributed by atoms with E-state index < -0.39 is 17.7 Å². The number of rotatable bonds is 13. The fourth-order valence-electron chi connectivity index (χ4n) is 4.79. The smallest absolute Gasteiger partial charge is 0.301 e. The zero-order valence-electron chi connectivity index (χ0n) is 25.0. The summed E-state index contributed by atoms with van der Waals surface area (Å²) in [6.07, 6.45) is 1.92. The first-order valence-electron chi connectivity index (χ1n) is 14.4. The van der Waals surface area contributed by atoms with Gasteiger partial charge in [0.25, 0.3) is 5.78 Å². The van der Waals surface area contributed by atoms with Crippen molar-refractivity contribution in [2.75, 3.05) is 25.2 Å². The van der Waals surface area contributed by atoms with Gasteiger partial charge >= 0.3 is 5.91 Å². The fraction of sp³-hybridized carbons (Fsp3) is 0.273. The van der Waals surface area contributed by atoms with Crippen LogP contribution in [0.2, 0.25) is 5.02 Å². The zero-order valence-corrected chi connectivity index (χ0v) is 27.4. The Kier molecular flexibility index (Phi) is 10.6. The Bertz CT molecular complexity index is 1710. The molecule has 1 N–H and O–H groups in total. The van der Waals surface area contributed by atoms with Crippen molar-refractivity contribution in [1.29, 1.82) is 0 Å². The van der Waals surface area contributed by atoms with E-state index in [4.69, 9.17) is 25.8 Å². The minimum Gasteiger partial charge on any atom is -0.507 e. The van der Waals surface area contributed by atoms with Crippen LogP contribution in [0.1, 0.15) is 49.4 Å². The monoisotopic (exact) mass is 665 g/mol. The standard InChI is InChI=1S/C33H32ClN3O6S2/c1-4-6-17-43-23-14-11-20(12-15-23)29(38)27-28(21-13-16-25(42-5-2)26(18-21)41-3)37(31(40)30(27)39)32-35-36-33(45-32)44-19-22-9-7-8-10-24(22)34/h7-16,18,28,38H,4-6,17,19H2,1-3H3/t28-/m0/s1. The van der Waals surface area contributed by atoms with Crippen molar-refractivity contribution >= 4 is 57.3 Å². The van der Waals surface area contributed by atoms with E-state index in [2.05, 4.69) is 17.1 Å². The summed E-state index contributed by atoms with van der Waals surface area (Å²) in [5.74, 6) is 0.137. The molecule has 3 aromatic carbocycles. The van der Waals surface area contributed by atoms with Crippen molar-refractivity contribution in [1.82, 2.24) is 10.2 Å². The van der Waals surface area contributed by atoms with Crippen LogP contribution in [0.4, 0.5) is 5.13 Å². The number of aromatic nitrogens is 2. The third kappa shape index (κ3) is 7.11. The van der Waals surface area contributed by atoms with Crippen LogP contribution in [0.5, 0.6) is 17.2 Å². The van der Waals surface area contributed by atoms with Gasteiger partial charge in [0.2, 0.25) is 5.13 Å². The van der Waals surface area contributed by atoms with Crippen LogP contribution in [0, 0.1) is 0 Å². The second-order valence-electron chi connectivity index (χ2n) is 9.97. The number of benzene rings is 3. The molecule has 0 unspecified atom stereocenters. The number of thioether (sulfide) groups is 1. The number of hydrogen-bond acceptors (Lipinski definition) is 10. The van der Waals surface area contributed by atoms with Gasteiger partial charge < -0.3 is 19.3 Å². The summed E-state index contributed by atoms with van der Waals surface area (Å²) < 4.78 is 17.6. The molecule has 1 amide bonds. The Morgan fingerprint density at radius 1 is 1.02 bits per heavy atom. The molecule has 5 rings (SSSR count). The van der Waals surface area contributed by atoms with E-state index in [0.717, 1.165) is 18.4 Å². The molecule has 1 aliphatic heterocycles. The van der Waals surface area contributed by atoms with Gasteiger partial charge in [-0.05, 0) is 66.9 Å². The molecule has 0 radical (unpaired) electrons. The maximum Gasteiger partial charge on any atom is 0.301 e. The van der Waals surface area contributed by atoms with E-state index in [9.17, 15) is 14.7 Å². The third-order valence-corrected chi connectivity index (χ3v) is 9.53. The maximum atomic E-state index is 13.7. The topological polar surface area (TPSA) is 111 Å². The van der Waals surface area contributed by atoms with Crippen LogP contribution in [0.25, 0.3) is 5.76 Å². The second kappa shape index (κ2) is 14.8. The second-order valence-corrected chi connectivity index (χ2v) is 12.6. The number of aliphatic hydroxyl groups is 1. The largest absolute Gasteiger partial charge is 0.507 e. The number of methoxy groups -OCH3 is 1. The van der Waals surface area contributed by atoms with Gasteiger partial charge in [-0.25, -0.2) is 0 Å². The first-order chi connectivity index (χ1) is 21.9. The molecule has 1 atom stereocenters. The molecule has 0 saturated carbocycles. The highest BCUT2D eigenvalue weighted by Gasteiger charge is 2.48. The molecule has 1 fully saturated rings. The van der Waals surface area contributed by atoms with Crippen LogP contribution in [-0.2, 0) is 15.3 Å². The van der Waals surface area contributed by atoms with Crippen molar-refractivity contribution in [3.63, 3.8) is 0 Å². The first-order valence-corrected chi connectivity index (χ1v) is 16.6. The molecule has 1 saturated heterocycles. The van der Waals surface area contributed by atoms with Crippen molar-refractivity contribution in [3.05, 3.63) is 94.0 Å². The number of nitrogens with zero attached hydrogens (tertiary/aromatic N) is 3. The van der Waals surface area contributed by atoms with Gasteiger partial charge in [0.1, 0.15) is 11.5 Å². The molecule has 234 valence electrons. The molecule has 12 heteroatoms. The predicted octanol–water partition coefficient (Wildman–Crippen LogP) is 7.70. The van der Waals surface area contributed by atoms with E-state index in [1.54, 1.807) is 42.5 Å². The first kappa shape index (κ1) is 32.3. The number of ether oxygens (including phenoxy) is 3. The number of carbonyl (C=O) groups excluding carboxylic acids is 2. The number of aliphatic hydroxyl groups excluding tert-OH is 1. The lowest BCUT2D eigenvalue weighted by Gasteiger charge is -2.23. The predicted molar refractivity (Wildman–Crippen MR) is 177 cm³/mol. The Morgan fingerprint density at radius 2 is 1.80 bits per heavy atom. The molecule has 1 aromatic heterocycles. The summed E-state index contributed by atoms with van der Waals surface area (Å²) in [5.41, 5.74) is 1.75. The Hall–Kier alpha value is -4.06. The van der Waals surface area contributed by atoms with Gasteiger partial charge in [0.15, 0.2) is 15.8 Å². The van der Waals surface area contributed by atoms with E-state index in [0.29, 0.717) is 56.7 Å². The lowest BCUT2D eigenvalue weighted by Crippen LogP contribution is -2.29. The number of halogens is 1. The average Bonchev–Trinajstić information content (AvgIpc) is 3.62. The quantitative estimate of drug-likeness (QED) is 0.0383. The van der Waals surface area contributed by atoms with Crippen LogP contribution in [0.3, 0.4) is 0 Å². The Balaban J connectivity index is 1.54. The third-order valence-electron chi connectivity index (χ3n) is 7.05. The zero-order chi connectivity index (χ0) is 31.9. The number of anilines is 1. The maximum absolute atomic E-state index is 13.7. The molecular formula is C33H32ClN3O6S2. The van der Waals surface area contributed by atoms with E-state index >= 15 is 0 Å². The Morgan fingerprint density at radius 3 is 2.51 bits per heavy atom. The number of unbranched alkanes of at least 4 members (excludes halogenated alkanes) is 1. The molecule has 45 heavy (non-hydrogen) atoms. The number of carbonyl (C=O) groups is 2. The summed E-state index contributed by atoms with van der Waals surface area (Å²) >= 11 is 8.91. The molecule has 0 bridgehead atoms. The number of ketones is 1. The summed E-state index contributed by atoms with van der Waals surface area (Å²) in [6.45, 7) is 4.94. The normalized spacial score (nSPS) is 15.8. The van der Waals surface area contributed by atoms with Gasteiger partial charge in [0, 0.05) is 16.3 Å². The van der Waals surface area contributed by atoms with E-state index in [1.807, 2.05) is 31.2 Å². The summed E-state index contributed by atoms with van der Waals surface area (Å²) in [4.78, 5) is 28.6. The van der Waals surface area contributed by atoms with E-state index in [-0.39, 0.29) is 16.5 Å². The highest BCUT2D eigenvalue weighted by Crippen LogP contribution is 2.45. The fourth-order valence-corrected chi connectivity index (χ4v) is 6.94. The molecule has 2 heterocycles. The summed E-state index contributed by atoms with van der Waals surface area (Å²) in [5, 5.41) is 21.0. The lowest BCUT2D eigenvalue weighted by molar-refractivity contribution is -0.132. The molecule has 9 nitrogen and oxygen atoms in total. The molecule has 4 aromatic rings. The van der Waals surface area contributed by atoms with Crippen LogP contribution in [-0.4, -0.2) is 47.3 Å². The molecular weight excluding hydrogens is 634 g/mol. The van der Waals surface area contributed by atoms with Crippen molar-refractivity contribution in [3.8, 4) is 17.2 Å². The number of Topliss-reactive ketones (excluding diaryl/α,β-unsaturated/α-hetero) is 1. The van der Waals surface area contributed by atoms with Crippen LogP contribution in [0.15, 0.2) is 76.6 Å². The van der Waals surface area contributed by atoms with Crippen LogP contribution < -0.4 is 19.1 Å². The van der Waals surface area contributed by atoms with Crippen molar-refractivity contribution in [2.45, 2.75) is 42.8 Å². The van der Waals surface area contributed by atoms with Gasteiger partial charge in [-0.15, -0.1) is 10.2 Å². The van der Waals surface area contributed by atoms with Crippen LogP contribution >= 0.6 is 34.7 Å².